The number of hydrogen-bond acceptors (Lipinski definition) is 4. The average Bonchev–Trinajstić information content (AvgIpc) is 2.78. The summed E-state index contributed by atoms with van der Waals surface area (Å²) in [7, 11) is 0. The fourth-order valence-corrected chi connectivity index (χ4v) is 3.76. The molecule has 8 nitrogen and oxygen atoms in total. The molecular formula is C23H21ClN4O4. The molecule has 0 radical (unpaired) electrons. The van der Waals surface area contributed by atoms with Gasteiger partial charge in [0.1, 0.15) is 6.04 Å². The Hall–Kier alpha value is -3.65. The molecule has 1 aliphatic heterocycles. The molecule has 4 amide bonds. The molecule has 2 heterocycles. The summed E-state index contributed by atoms with van der Waals surface area (Å²) in [4.78, 5) is 48.7. The third-order valence-electron chi connectivity index (χ3n) is 5.36. The number of carbonyl (C=O) groups excluding carboxylic acids is 3. The number of amides is 4. The molecule has 0 saturated carbocycles. The van der Waals surface area contributed by atoms with Crippen LogP contribution in [0.2, 0.25) is 5.02 Å². The summed E-state index contributed by atoms with van der Waals surface area (Å²) >= 11 is 5.85. The summed E-state index contributed by atoms with van der Waals surface area (Å²) in [5, 5.41) is 9.61. The zero-order chi connectivity index (χ0) is 22.7. The molecule has 0 bridgehead atoms. The quantitative estimate of drug-likeness (QED) is 0.517. The van der Waals surface area contributed by atoms with E-state index >= 15 is 0 Å². The normalized spacial score (nSPS) is 16.0. The van der Waals surface area contributed by atoms with E-state index in [2.05, 4.69) is 16.0 Å². The van der Waals surface area contributed by atoms with E-state index in [4.69, 9.17) is 11.6 Å². The number of carbonyl (C=O) groups is 3. The minimum Gasteiger partial charge on any atom is -0.334 e. The number of halogens is 1. The van der Waals surface area contributed by atoms with Gasteiger partial charge >= 0.3 is 6.03 Å². The third kappa shape index (κ3) is 4.81. The number of imide groups is 1. The number of nitrogens with zero attached hydrogens (tertiary/aromatic N) is 1. The van der Waals surface area contributed by atoms with Gasteiger partial charge in [-0.2, -0.15) is 0 Å². The van der Waals surface area contributed by atoms with Crippen molar-refractivity contribution in [3.8, 4) is 0 Å². The van der Waals surface area contributed by atoms with Gasteiger partial charge in [0.15, 0.2) is 0 Å². The summed E-state index contributed by atoms with van der Waals surface area (Å²) in [6, 6.07) is 13.2. The van der Waals surface area contributed by atoms with E-state index in [0.29, 0.717) is 17.0 Å². The van der Waals surface area contributed by atoms with E-state index in [1.54, 1.807) is 36.5 Å². The molecule has 3 aromatic rings. The van der Waals surface area contributed by atoms with E-state index in [0.717, 1.165) is 16.5 Å². The SMILES string of the molecule is O=C1CCC(n2ccc3ccc(CNC(=O)NCc4ccc(Cl)cc4)cc3c2=O)C(=O)N1. The van der Waals surface area contributed by atoms with Crippen molar-refractivity contribution in [2.45, 2.75) is 32.0 Å². The molecule has 1 atom stereocenters. The fraction of sp³-hybridized carbons (Fsp3) is 0.217. The molecule has 4 rings (SSSR count). The van der Waals surface area contributed by atoms with Crippen LogP contribution in [0.4, 0.5) is 4.79 Å². The molecule has 2 aromatic carbocycles. The molecule has 1 aliphatic rings. The van der Waals surface area contributed by atoms with E-state index < -0.39 is 11.9 Å². The topological polar surface area (TPSA) is 109 Å². The van der Waals surface area contributed by atoms with Gasteiger partial charge in [-0.05, 0) is 47.2 Å². The Morgan fingerprint density at radius 2 is 1.69 bits per heavy atom. The zero-order valence-corrected chi connectivity index (χ0v) is 17.8. The summed E-state index contributed by atoms with van der Waals surface area (Å²) in [6.07, 6.45) is 2.05. The summed E-state index contributed by atoms with van der Waals surface area (Å²) < 4.78 is 1.36. The highest BCUT2D eigenvalue weighted by Crippen LogP contribution is 2.19. The molecule has 0 spiro atoms. The molecule has 1 unspecified atom stereocenters. The Morgan fingerprint density at radius 3 is 2.41 bits per heavy atom. The van der Waals surface area contributed by atoms with Crippen LogP contribution in [0.15, 0.2) is 59.5 Å². The zero-order valence-electron chi connectivity index (χ0n) is 17.1. The average molecular weight is 453 g/mol. The van der Waals surface area contributed by atoms with Crippen molar-refractivity contribution in [1.82, 2.24) is 20.5 Å². The minimum absolute atomic E-state index is 0.190. The molecule has 164 valence electrons. The highest BCUT2D eigenvalue weighted by Gasteiger charge is 2.28. The van der Waals surface area contributed by atoms with Crippen LogP contribution in [0.25, 0.3) is 10.8 Å². The van der Waals surface area contributed by atoms with E-state index in [1.807, 2.05) is 18.2 Å². The number of fused-ring (bicyclic) bond motifs is 1. The molecule has 32 heavy (non-hydrogen) atoms. The maximum atomic E-state index is 13.0. The van der Waals surface area contributed by atoms with Crippen LogP contribution in [0, 0.1) is 0 Å². The predicted octanol–water partition coefficient (Wildman–Crippen LogP) is 2.63. The number of pyridine rings is 1. The lowest BCUT2D eigenvalue weighted by molar-refractivity contribution is -0.135. The van der Waals surface area contributed by atoms with Crippen LogP contribution in [-0.2, 0) is 22.7 Å². The van der Waals surface area contributed by atoms with Gasteiger partial charge < -0.3 is 15.2 Å². The Bertz CT molecular complexity index is 1250. The van der Waals surface area contributed by atoms with Gasteiger partial charge in [0, 0.05) is 36.1 Å². The van der Waals surface area contributed by atoms with Crippen molar-refractivity contribution in [2.75, 3.05) is 0 Å². The maximum Gasteiger partial charge on any atom is 0.315 e. The second kappa shape index (κ2) is 9.23. The van der Waals surface area contributed by atoms with Gasteiger partial charge in [0.2, 0.25) is 11.8 Å². The lowest BCUT2D eigenvalue weighted by Crippen LogP contribution is -2.44. The van der Waals surface area contributed by atoms with Crippen molar-refractivity contribution in [2.24, 2.45) is 0 Å². The van der Waals surface area contributed by atoms with Gasteiger partial charge in [-0.15, -0.1) is 0 Å². The Kier molecular flexibility index (Phi) is 6.23. The number of hydrogen-bond donors (Lipinski definition) is 3. The summed E-state index contributed by atoms with van der Waals surface area (Å²) in [5.74, 6) is -0.805. The molecule has 1 fully saturated rings. The van der Waals surface area contributed by atoms with Crippen molar-refractivity contribution < 1.29 is 14.4 Å². The predicted molar refractivity (Wildman–Crippen MR) is 120 cm³/mol. The lowest BCUT2D eigenvalue weighted by Gasteiger charge is -2.23. The van der Waals surface area contributed by atoms with Gasteiger partial charge in [-0.1, -0.05) is 35.9 Å². The van der Waals surface area contributed by atoms with Crippen molar-refractivity contribution in [3.05, 3.63) is 81.2 Å². The van der Waals surface area contributed by atoms with E-state index in [-0.39, 0.29) is 36.9 Å². The number of urea groups is 1. The Morgan fingerprint density at radius 1 is 1.00 bits per heavy atom. The first-order valence-corrected chi connectivity index (χ1v) is 10.5. The molecule has 1 aromatic heterocycles. The second-order valence-electron chi connectivity index (χ2n) is 7.58. The van der Waals surface area contributed by atoms with Crippen molar-refractivity contribution in [1.29, 1.82) is 0 Å². The number of rotatable bonds is 5. The largest absolute Gasteiger partial charge is 0.334 e. The minimum atomic E-state index is -0.718. The number of nitrogens with one attached hydrogen (secondary N) is 3. The number of piperidine rings is 1. The van der Waals surface area contributed by atoms with Gasteiger partial charge in [-0.25, -0.2) is 4.79 Å². The highest BCUT2D eigenvalue weighted by atomic mass is 35.5. The first kappa shape index (κ1) is 21.6. The van der Waals surface area contributed by atoms with Gasteiger partial charge in [0.05, 0.1) is 0 Å². The van der Waals surface area contributed by atoms with Gasteiger partial charge in [0.25, 0.3) is 5.56 Å². The molecule has 0 aliphatic carbocycles. The molecular weight excluding hydrogens is 432 g/mol. The van der Waals surface area contributed by atoms with Crippen molar-refractivity contribution >= 4 is 40.2 Å². The number of aromatic nitrogens is 1. The Labute approximate surface area is 188 Å². The van der Waals surface area contributed by atoms with Crippen LogP contribution < -0.4 is 21.5 Å². The number of benzene rings is 2. The smallest absolute Gasteiger partial charge is 0.315 e. The Balaban J connectivity index is 1.44. The van der Waals surface area contributed by atoms with Crippen LogP contribution in [-0.4, -0.2) is 22.4 Å². The van der Waals surface area contributed by atoms with Crippen LogP contribution in [0.3, 0.4) is 0 Å². The van der Waals surface area contributed by atoms with E-state index in [9.17, 15) is 19.2 Å². The standard InChI is InChI=1S/C23H21ClN4O4/c24-17-5-2-14(3-6-17)12-25-23(32)26-13-15-1-4-16-9-10-28(22(31)18(16)11-15)19-7-8-20(29)27-21(19)30/h1-6,9-11,19H,7-8,12-13H2,(H2,25,26,32)(H,27,29,30). The molecule has 1 saturated heterocycles. The van der Waals surface area contributed by atoms with Gasteiger partial charge in [-0.3, -0.25) is 19.7 Å². The maximum absolute atomic E-state index is 13.0. The van der Waals surface area contributed by atoms with Crippen LogP contribution >= 0.6 is 11.6 Å². The van der Waals surface area contributed by atoms with Crippen LogP contribution in [0.1, 0.15) is 30.0 Å². The summed E-state index contributed by atoms with van der Waals surface area (Å²) in [5.41, 5.74) is 1.35. The second-order valence-corrected chi connectivity index (χ2v) is 8.02. The van der Waals surface area contributed by atoms with E-state index in [1.165, 1.54) is 4.57 Å². The van der Waals surface area contributed by atoms with Crippen LogP contribution in [0.5, 0.6) is 0 Å². The first-order chi connectivity index (χ1) is 15.4. The highest BCUT2D eigenvalue weighted by molar-refractivity contribution is 6.30. The monoisotopic (exact) mass is 452 g/mol. The molecule has 9 heteroatoms. The summed E-state index contributed by atoms with van der Waals surface area (Å²) in [6.45, 7) is 0.590. The third-order valence-corrected chi connectivity index (χ3v) is 5.61. The molecule has 3 N–H and O–H groups in total. The van der Waals surface area contributed by atoms with Crippen molar-refractivity contribution in [3.63, 3.8) is 0 Å². The lowest BCUT2D eigenvalue weighted by atomic mass is 10.0. The first-order valence-electron chi connectivity index (χ1n) is 10.1. The fourth-order valence-electron chi connectivity index (χ4n) is 3.63.